The van der Waals surface area contributed by atoms with Crippen molar-refractivity contribution >= 4 is 5.78 Å². The van der Waals surface area contributed by atoms with E-state index in [0.717, 1.165) is 6.54 Å². The van der Waals surface area contributed by atoms with E-state index in [1.807, 2.05) is 14.0 Å². The van der Waals surface area contributed by atoms with Crippen LogP contribution in [-0.2, 0) is 0 Å². The second kappa shape index (κ2) is 6.24. The molecule has 0 aromatic heterocycles. The number of hydrogen-bond acceptors (Lipinski definition) is 3. The van der Waals surface area contributed by atoms with Gasteiger partial charge in [0, 0.05) is 17.6 Å². The summed E-state index contributed by atoms with van der Waals surface area (Å²) in [6.07, 6.45) is 3.62. The van der Waals surface area contributed by atoms with E-state index in [1.54, 1.807) is 12.1 Å². The summed E-state index contributed by atoms with van der Waals surface area (Å²) >= 11 is 0. The molecule has 0 radical (unpaired) electrons. The Balaban J connectivity index is 2.03. The maximum atomic E-state index is 12.9. The molecule has 0 spiro atoms. The topological polar surface area (TPSA) is 23.6 Å². The second-order valence-electron chi connectivity index (χ2n) is 6.43. The molecule has 3 nitrogen and oxygen atoms in total. The molecule has 1 aromatic carbocycles. The minimum Gasteiger partial charge on any atom is -0.302 e. The maximum Gasteiger partial charge on any atom is 0.179 e. The van der Waals surface area contributed by atoms with E-state index >= 15 is 0 Å². The fourth-order valence-electron chi connectivity index (χ4n) is 2.99. The molecule has 21 heavy (non-hydrogen) atoms. The minimum absolute atomic E-state index is 0.0470. The van der Waals surface area contributed by atoms with Crippen molar-refractivity contribution in [3.05, 3.63) is 35.6 Å². The molecule has 1 aliphatic carbocycles. The first-order valence-corrected chi connectivity index (χ1v) is 7.53. The molecule has 1 aliphatic rings. The quantitative estimate of drug-likeness (QED) is 0.753. The number of carbonyl (C=O) groups excluding carboxylic acids is 1. The predicted octanol–water partition coefficient (Wildman–Crippen LogP) is 2.81. The van der Waals surface area contributed by atoms with Crippen LogP contribution in [0, 0.1) is 5.82 Å². The van der Waals surface area contributed by atoms with E-state index in [1.165, 1.54) is 31.4 Å². The van der Waals surface area contributed by atoms with Crippen LogP contribution < -0.4 is 0 Å². The van der Waals surface area contributed by atoms with Gasteiger partial charge in [0.25, 0.3) is 0 Å². The summed E-state index contributed by atoms with van der Waals surface area (Å²) in [5.74, 6) is -0.265. The number of Topliss-reactive ketones (excluding diaryl/α,β-unsaturated/α-hetero) is 1. The summed E-state index contributed by atoms with van der Waals surface area (Å²) in [6, 6.07) is 5.61. The van der Waals surface area contributed by atoms with Crippen molar-refractivity contribution in [2.75, 3.05) is 27.7 Å². The number of carbonyl (C=O) groups is 1. The first kappa shape index (κ1) is 16.1. The number of halogens is 1. The smallest absolute Gasteiger partial charge is 0.179 e. The minimum atomic E-state index is -0.311. The van der Waals surface area contributed by atoms with Gasteiger partial charge in [0.1, 0.15) is 5.82 Å². The first-order chi connectivity index (χ1) is 9.85. The molecule has 0 amide bonds. The van der Waals surface area contributed by atoms with E-state index in [-0.39, 0.29) is 23.2 Å². The van der Waals surface area contributed by atoms with E-state index in [2.05, 4.69) is 23.9 Å². The number of likely N-dealkylation sites (N-methyl/N-ethyl adjacent to an activating group) is 2. The zero-order valence-electron chi connectivity index (χ0n) is 13.4. The van der Waals surface area contributed by atoms with Crippen molar-refractivity contribution in [1.29, 1.82) is 0 Å². The molecule has 0 bridgehead atoms. The monoisotopic (exact) mass is 292 g/mol. The van der Waals surface area contributed by atoms with Gasteiger partial charge in [-0.15, -0.1) is 0 Å². The van der Waals surface area contributed by atoms with Crippen LogP contribution >= 0.6 is 0 Å². The van der Waals surface area contributed by atoms with Crippen LogP contribution in [0.3, 0.4) is 0 Å². The van der Waals surface area contributed by atoms with Gasteiger partial charge in [-0.3, -0.25) is 9.69 Å². The standard InChI is InChI=1S/C17H25FN2O/c1-13(16(21)14-6-8-15(18)9-7-14)20(4)12-17(19(2)3)10-5-11-17/h6-9,13H,5,10-12H2,1-4H3. The molecule has 1 fully saturated rings. The van der Waals surface area contributed by atoms with Gasteiger partial charge in [-0.2, -0.15) is 0 Å². The molecule has 0 saturated heterocycles. The van der Waals surface area contributed by atoms with E-state index in [0.29, 0.717) is 5.56 Å². The van der Waals surface area contributed by atoms with E-state index < -0.39 is 0 Å². The van der Waals surface area contributed by atoms with Crippen molar-refractivity contribution < 1.29 is 9.18 Å². The lowest BCUT2D eigenvalue weighted by Gasteiger charge is -2.50. The van der Waals surface area contributed by atoms with Gasteiger partial charge in [-0.05, 0) is 71.6 Å². The number of hydrogen-bond donors (Lipinski definition) is 0. The third kappa shape index (κ3) is 3.33. The first-order valence-electron chi connectivity index (χ1n) is 7.53. The average Bonchev–Trinajstić information content (AvgIpc) is 2.41. The molecule has 1 unspecified atom stereocenters. The second-order valence-corrected chi connectivity index (χ2v) is 6.43. The van der Waals surface area contributed by atoms with Crippen LogP contribution in [0.1, 0.15) is 36.5 Å². The summed E-state index contributed by atoms with van der Waals surface area (Å²) in [6.45, 7) is 2.81. The molecule has 0 aliphatic heterocycles. The summed E-state index contributed by atoms with van der Waals surface area (Å²) < 4.78 is 12.9. The molecule has 2 rings (SSSR count). The van der Waals surface area contributed by atoms with Crippen molar-refractivity contribution in [2.45, 2.75) is 37.8 Å². The fourth-order valence-corrected chi connectivity index (χ4v) is 2.99. The Kier molecular flexibility index (Phi) is 4.79. The third-order valence-corrected chi connectivity index (χ3v) is 4.95. The number of benzene rings is 1. The molecule has 116 valence electrons. The number of rotatable bonds is 6. The Morgan fingerprint density at radius 2 is 1.81 bits per heavy atom. The molecular formula is C17H25FN2O. The highest BCUT2D eigenvalue weighted by Crippen LogP contribution is 2.37. The van der Waals surface area contributed by atoms with Crippen LogP contribution in [0.2, 0.25) is 0 Å². The fraction of sp³-hybridized carbons (Fsp3) is 0.588. The largest absolute Gasteiger partial charge is 0.302 e. The molecule has 0 heterocycles. The number of nitrogens with zero attached hydrogens (tertiary/aromatic N) is 2. The predicted molar refractivity (Wildman–Crippen MR) is 83.1 cm³/mol. The van der Waals surface area contributed by atoms with E-state index in [4.69, 9.17) is 0 Å². The average molecular weight is 292 g/mol. The zero-order chi connectivity index (χ0) is 15.6. The van der Waals surface area contributed by atoms with Crippen LogP contribution in [0.5, 0.6) is 0 Å². The molecule has 1 atom stereocenters. The third-order valence-electron chi connectivity index (χ3n) is 4.95. The van der Waals surface area contributed by atoms with Crippen molar-refractivity contribution in [1.82, 2.24) is 9.80 Å². The lowest BCUT2D eigenvalue weighted by molar-refractivity contribution is 0.0187. The molecular weight excluding hydrogens is 267 g/mol. The van der Waals surface area contributed by atoms with Crippen molar-refractivity contribution in [3.63, 3.8) is 0 Å². The zero-order valence-corrected chi connectivity index (χ0v) is 13.4. The maximum absolute atomic E-state index is 12.9. The highest BCUT2D eigenvalue weighted by Gasteiger charge is 2.41. The lowest BCUT2D eigenvalue weighted by atomic mass is 9.75. The van der Waals surface area contributed by atoms with Gasteiger partial charge in [-0.1, -0.05) is 0 Å². The number of ketones is 1. The van der Waals surface area contributed by atoms with E-state index in [9.17, 15) is 9.18 Å². The molecule has 1 saturated carbocycles. The van der Waals surface area contributed by atoms with Gasteiger partial charge in [0.15, 0.2) is 5.78 Å². The van der Waals surface area contributed by atoms with Gasteiger partial charge >= 0.3 is 0 Å². The van der Waals surface area contributed by atoms with Crippen LogP contribution in [0.25, 0.3) is 0 Å². The summed E-state index contributed by atoms with van der Waals surface area (Å²) in [5, 5.41) is 0. The lowest BCUT2D eigenvalue weighted by Crippen LogP contribution is -2.58. The molecule has 0 N–H and O–H groups in total. The van der Waals surface area contributed by atoms with Gasteiger partial charge in [0.05, 0.1) is 6.04 Å². The van der Waals surface area contributed by atoms with Gasteiger partial charge in [0.2, 0.25) is 0 Å². The molecule has 4 heteroatoms. The summed E-state index contributed by atoms with van der Waals surface area (Å²) in [7, 11) is 6.22. The summed E-state index contributed by atoms with van der Waals surface area (Å²) in [4.78, 5) is 16.9. The van der Waals surface area contributed by atoms with Crippen LogP contribution in [0.4, 0.5) is 4.39 Å². The Morgan fingerprint density at radius 1 is 1.24 bits per heavy atom. The van der Waals surface area contributed by atoms with Crippen LogP contribution in [-0.4, -0.2) is 54.9 Å². The SMILES string of the molecule is CC(C(=O)c1ccc(F)cc1)N(C)CC1(N(C)C)CCC1. The van der Waals surface area contributed by atoms with Gasteiger partial charge in [-0.25, -0.2) is 4.39 Å². The highest BCUT2D eigenvalue weighted by atomic mass is 19.1. The Hall–Kier alpha value is -1.26. The summed E-state index contributed by atoms with van der Waals surface area (Å²) in [5.41, 5.74) is 0.773. The Morgan fingerprint density at radius 3 is 2.24 bits per heavy atom. The van der Waals surface area contributed by atoms with Crippen molar-refractivity contribution in [3.8, 4) is 0 Å². The molecule has 1 aromatic rings. The van der Waals surface area contributed by atoms with Crippen molar-refractivity contribution in [2.24, 2.45) is 0 Å². The Labute approximate surface area is 126 Å². The highest BCUT2D eigenvalue weighted by molar-refractivity contribution is 5.99. The van der Waals surface area contributed by atoms with Gasteiger partial charge < -0.3 is 4.90 Å². The van der Waals surface area contributed by atoms with Crippen LogP contribution in [0.15, 0.2) is 24.3 Å². The normalized spacial score (nSPS) is 18.6. The Bertz CT molecular complexity index is 494.